The molecule has 0 amide bonds. The van der Waals surface area contributed by atoms with Crippen molar-refractivity contribution in [1.82, 2.24) is 0 Å². The van der Waals surface area contributed by atoms with Gasteiger partial charge < -0.3 is 5.11 Å². The van der Waals surface area contributed by atoms with E-state index in [1.54, 1.807) is 0 Å². The van der Waals surface area contributed by atoms with E-state index in [0.717, 1.165) is 5.92 Å². The summed E-state index contributed by atoms with van der Waals surface area (Å²) in [5, 5.41) is 9.39. The Balaban J connectivity index is 2.51. The molecule has 0 radical (unpaired) electrons. The van der Waals surface area contributed by atoms with E-state index in [1.165, 1.54) is 18.4 Å². The Morgan fingerprint density at radius 1 is 1.50 bits per heavy atom. The van der Waals surface area contributed by atoms with Crippen LogP contribution in [0.25, 0.3) is 0 Å². The Hall–Kier alpha value is -0.300. The maximum atomic E-state index is 9.39. The summed E-state index contributed by atoms with van der Waals surface area (Å²) in [4.78, 5) is 0. The summed E-state index contributed by atoms with van der Waals surface area (Å²) in [6, 6.07) is 0. The average molecular weight is 140 g/mol. The normalized spacial score (nSPS) is 21.4. The highest BCUT2D eigenvalue weighted by atomic mass is 16.3. The number of allylic oxidation sites excluding steroid dienone is 1. The molecule has 1 saturated carbocycles. The molecule has 0 bridgehead atoms. The zero-order chi connectivity index (χ0) is 7.78. The minimum absolute atomic E-state index is 0.618. The molecule has 1 rings (SSSR count). The van der Waals surface area contributed by atoms with Crippen molar-refractivity contribution in [3.8, 4) is 0 Å². The molecule has 1 N–H and O–H groups in total. The summed E-state index contributed by atoms with van der Waals surface area (Å²) < 4.78 is 0. The second kappa shape index (κ2) is 2.39. The van der Waals surface area contributed by atoms with Gasteiger partial charge in [0.25, 0.3) is 0 Å². The molecule has 1 aliphatic carbocycles. The van der Waals surface area contributed by atoms with Crippen LogP contribution in [0, 0.1) is 5.92 Å². The van der Waals surface area contributed by atoms with Crippen LogP contribution in [0.15, 0.2) is 11.6 Å². The minimum atomic E-state index is -0.618. The van der Waals surface area contributed by atoms with Crippen LogP contribution in [-0.4, -0.2) is 10.7 Å². The van der Waals surface area contributed by atoms with E-state index in [2.05, 4.69) is 6.92 Å². The summed E-state index contributed by atoms with van der Waals surface area (Å²) >= 11 is 0. The Morgan fingerprint density at radius 3 is 2.30 bits per heavy atom. The second-order valence-corrected chi connectivity index (χ2v) is 3.82. The number of hydrogen-bond acceptors (Lipinski definition) is 1. The van der Waals surface area contributed by atoms with Crippen molar-refractivity contribution < 1.29 is 5.11 Å². The molecule has 0 saturated heterocycles. The van der Waals surface area contributed by atoms with Crippen LogP contribution in [0.1, 0.15) is 33.6 Å². The summed E-state index contributed by atoms with van der Waals surface area (Å²) in [6.45, 7) is 5.74. The van der Waals surface area contributed by atoms with Crippen molar-refractivity contribution in [1.29, 1.82) is 0 Å². The summed E-state index contributed by atoms with van der Waals surface area (Å²) in [5.74, 6) is 0.784. The van der Waals surface area contributed by atoms with Crippen LogP contribution >= 0.6 is 0 Å². The molecule has 0 unspecified atom stereocenters. The Bertz CT molecular complexity index is 147. The molecular formula is C9H16O. The monoisotopic (exact) mass is 140 g/mol. The Labute approximate surface area is 62.8 Å². The van der Waals surface area contributed by atoms with Crippen molar-refractivity contribution >= 4 is 0 Å². The quantitative estimate of drug-likeness (QED) is 0.582. The van der Waals surface area contributed by atoms with Crippen LogP contribution in [-0.2, 0) is 0 Å². The van der Waals surface area contributed by atoms with Gasteiger partial charge in [-0.05, 0) is 39.5 Å². The van der Waals surface area contributed by atoms with E-state index < -0.39 is 5.60 Å². The van der Waals surface area contributed by atoms with Crippen molar-refractivity contribution in [2.24, 2.45) is 5.92 Å². The highest BCUT2D eigenvalue weighted by molar-refractivity contribution is 5.13. The number of rotatable bonds is 2. The van der Waals surface area contributed by atoms with Crippen molar-refractivity contribution in [3.63, 3.8) is 0 Å². The first-order valence-corrected chi connectivity index (χ1v) is 3.91. The standard InChI is InChI=1S/C9H16O/c1-7(8-4-5-8)6-9(2,3)10/h6,8,10H,4-5H2,1-3H3. The third kappa shape index (κ3) is 2.53. The molecule has 1 nitrogen and oxygen atoms in total. The largest absolute Gasteiger partial charge is 0.386 e. The lowest BCUT2D eigenvalue weighted by Gasteiger charge is -2.12. The zero-order valence-corrected chi connectivity index (χ0v) is 7.02. The molecule has 10 heavy (non-hydrogen) atoms. The van der Waals surface area contributed by atoms with Gasteiger partial charge in [0.2, 0.25) is 0 Å². The van der Waals surface area contributed by atoms with Crippen LogP contribution in [0.2, 0.25) is 0 Å². The van der Waals surface area contributed by atoms with E-state index in [1.807, 2.05) is 19.9 Å². The smallest absolute Gasteiger partial charge is 0.0774 e. The Kier molecular flexibility index (Phi) is 1.86. The van der Waals surface area contributed by atoms with E-state index in [9.17, 15) is 5.11 Å². The first-order chi connectivity index (χ1) is 4.49. The molecule has 0 aromatic rings. The molecule has 1 fully saturated rings. The van der Waals surface area contributed by atoms with Crippen molar-refractivity contribution in [2.45, 2.75) is 39.2 Å². The molecule has 1 heteroatoms. The lowest BCUT2D eigenvalue weighted by atomic mass is 10.0. The molecule has 0 aromatic heterocycles. The van der Waals surface area contributed by atoms with Crippen LogP contribution < -0.4 is 0 Å². The van der Waals surface area contributed by atoms with Crippen LogP contribution in [0.5, 0.6) is 0 Å². The van der Waals surface area contributed by atoms with Gasteiger partial charge in [0.1, 0.15) is 0 Å². The number of hydrogen-bond donors (Lipinski definition) is 1. The molecule has 0 spiro atoms. The maximum Gasteiger partial charge on any atom is 0.0774 e. The van der Waals surface area contributed by atoms with Gasteiger partial charge in [0.05, 0.1) is 5.60 Å². The van der Waals surface area contributed by atoms with E-state index in [-0.39, 0.29) is 0 Å². The average Bonchev–Trinajstić information content (AvgIpc) is 2.35. The molecule has 1 aliphatic rings. The third-order valence-corrected chi connectivity index (χ3v) is 1.80. The van der Waals surface area contributed by atoms with Crippen LogP contribution in [0.3, 0.4) is 0 Å². The first-order valence-electron chi connectivity index (χ1n) is 3.91. The van der Waals surface area contributed by atoms with Crippen LogP contribution in [0.4, 0.5) is 0 Å². The predicted molar refractivity (Wildman–Crippen MR) is 42.8 cm³/mol. The maximum absolute atomic E-state index is 9.39. The molecule has 58 valence electrons. The van der Waals surface area contributed by atoms with Gasteiger partial charge in [-0.3, -0.25) is 0 Å². The van der Waals surface area contributed by atoms with Gasteiger partial charge in [0, 0.05) is 0 Å². The fourth-order valence-electron chi connectivity index (χ4n) is 1.21. The molecule has 0 aromatic carbocycles. The van der Waals surface area contributed by atoms with E-state index >= 15 is 0 Å². The first kappa shape index (κ1) is 7.80. The molecule has 0 heterocycles. The highest BCUT2D eigenvalue weighted by Gasteiger charge is 2.24. The molecule has 0 atom stereocenters. The number of aliphatic hydroxyl groups is 1. The van der Waals surface area contributed by atoms with Gasteiger partial charge in [0.15, 0.2) is 0 Å². The van der Waals surface area contributed by atoms with Gasteiger partial charge in [-0.2, -0.15) is 0 Å². The van der Waals surface area contributed by atoms with E-state index in [0.29, 0.717) is 0 Å². The topological polar surface area (TPSA) is 20.2 Å². The van der Waals surface area contributed by atoms with Crippen molar-refractivity contribution in [2.75, 3.05) is 0 Å². The SMILES string of the molecule is CC(=CC(C)(C)O)C1CC1. The molecule has 0 aliphatic heterocycles. The third-order valence-electron chi connectivity index (χ3n) is 1.80. The van der Waals surface area contributed by atoms with Gasteiger partial charge in [-0.1, -0.05) is 11.6 Å². The summed E-state index contributed by atoms with van der Waals surface area (Å²) in [6.07, 6.45) is 4.60. The lowest BCUT2D eigenvalue weighted by Crippen LogP contribution is -2.14. The summed E-state index contributed by atoms with van der Waals surface area (Å²) in [5.41, 5.74) is 0.736. The fraction of sp³-hybridized carbons (Fsp3) is 0.778. The zero-order valence-electron chi connectivity index (χ0n) is 7.02. The van der Waals surface area contributed by atoms with Gasteiger partial charge in [-0.25, -0.2) is 0 Å². The highest BCUT2D eigenvalue weighted by Crippen LogP contribution is 2.36. The lowest BCUT2D eigenvalue weighted by molar-refractivity contribution is 0.132. The second-order valence-electron chi connectivity index (χ2n) is 3.82. The summed E-state index contributed by atoms with van der Waals surface area (Å²) in [7, 11) is 0. The van der Waals surface area contributed by atoms with E-state index in [4.69, 9.17) is 0 Å². The Morgan fingerprint density at radius 2 is 2.00 bits per heavy atom. The van der Waals surface area contributed by atoms with Gasteiger partial charge in [-0.15, -0.1) is 0 Å². The fourth-order valence-corrected chi connectivity index (χ4v) is 1.21. The minimum Gasteiger partial charge on any atom is -0.386 e. The predicted octanol–water partition coefficient (Wildman–Crippen LogP) is 2.11. The van der Waals surface area contributed by atoms with Gasteiger partial charge >= 0.3 is 0 Å². The molecular weight excluding hydrogens is 124 g/mol. The van der Waals surface area contributed by atoms with Crippen molar-refractivity contribution in [3.05, 3.63) is 11.6 Å².